The van der Waals surface area contributed by atoms with Crippen molar-refractivity contribution >= 4 is 17.4 Å². The predicted molar refractivity (Wildman–Crippen MR) is 45.7 cm³/mol. The first kappa shape index (κ1) is 10.5. The fourth-order valence-corrected chi connectivity index (χ4v) is 0.448. The molecule has 3 heteroatoms. The lowest BCUT2D eigenvalue weighted by Crippen LogP contribution is -2.15. The Labute approximate surface area is 72.2 Å². The van der Waals surface area contributed by atoms with Gasteiger partial charge in [-0.05, 0) is 20.8 Å². The molecule has 11 heavy (non-hydrogen) atoms. The van der Waals surface area contributed by atoms with Crippen LogP contribution in [0.3, 0.4) is 0 Å². The molecular formula is C8H13ClO2. The second-order valence-corrected chi connectivity index (χ2v) is 3.40. The van der Waals surface area contributed by atoms with Crippen molar-refractivity contribution in [3.63, 3.8) is 0 Å². The second kappa shape index (κ2) is 4.39. The monoisotopic (exact) mass is 176 g/mol. The van der Waals surface area contributed by atoms with E-state index in [1.165, 1.54) is 12.3 Å². The third kappa shape index (κ3) is 7.40. The van der Waals surface area contributed by atoms with Gasteiger partial charge in [0.15, 0.2) is 5.78 Å². The first-order chi connectivity index (χ1) is 4.95. The van der Waals surface area contributed by atoms with Crippen LogP contribution in [0.1, 0.15) is 20.8 Å². The minimum Gasteiger partial charge on any atom is -0.496 e. The molecule has 2 nitrogen and oxygen atoms in total. The fourth-order valence-electron chi connectivity index (χ4n) is 0.359. The summed E-state index contributed by atoms with van der Waals surface area (Å²) in [4.78, 5) is 10.6. The van der Waals surface area contributed by atoms with Gasteiger partial charge in [-0.15, -0.1) is 11.6 Å². The molecule has 0 saturated carbocycles. The molecule has 0 aromatic carbocycles. The summed E-state index contributed by atoms with van der Waals surface area (Å²) in [5.74, 6) is -0.139. The summed E-state index contributed by atoms with van der Waals surface area (Å²) >= 11 is 5.25. The molecule has 0 fully saturated rings. The lowest BCUT2D eigenvalue weighted by atomic mass is 10.2. The Bertz CT molecular complexity index is 156. The van der Waals surface area contributed by atoms with Gasteiger partial charge in [-0.3, -0.25) is 4.79 Å². The number of rotatable bonds is 3. The number of carbonyl (C=O) groups excluding carboxylic acids is 1. The van der Waals surface area contributed by atoms with E-state index in [0.717, 1.165) is 0 Å². The van der Waals surface area contributed by atoms with Crippen LogP contribution in [-0.4, -0.2) is 17.3 Å². The topological polar surface area (TPSA) is 26.3 Å². The quantitative estimate of drug-likeness (QED) is 0.374. The molecular weight excluding hydrogens is 164 g/mol. The Kier molecular flexibility index (Phi) is 4.19. The lowest BCUT2D eigenvalue weighted by molar-refractivity contribution is -0.112. The van der Waals surface area contributed by atoms with Crippen molar-refractivity contribution < 1.29 is 9.53 Å². The zero-order chi connectivity index (χ0) is 8.91. The number of allylic oxidation sites excluding steroid dienone is 1. The smallest absolute Gasteiger partial charge is 0.173 e. The molecule has 0 saturated heterocycles. The van der Waals surface area contributed by atoms with Crippen LogP contribution in [0.15, 0.2) is 12.3 Å². The maximum absolute atomic E-state index is 10.6. The Balaban J connectivity index is 3.70. The van der Waals surface area contributed by atoms with Gasteiger partial charge in [-0.1, -0.05) is 0 Å². The number of hydrogen-bond acceptors (Lipinski definition) is 2. The first-order valence-electron chi connectivity index (χ1n) is 3.39. The van der Waals surface area contributed by atoms with Gasteiger partial charge in [-0.25, -0.2) is 0 Å². The third-order valence-corrected chi connectivity index (χ3v) is 1.07. The van der Waals surface area contributed by atoms with Gasteiger partial charge in [0, 0.05) is 6.08 Å². The maximum atomic E-state index is 10.6. The van der Waals surface area contributed by atoms with Gasteiger partial charge in [-0.2, -0.15) is 0 Å². The Morgan fingerprint density at radius 1 is 1.55 bits per heavy atom. The molecule has 0 heterocycles. The summed E-state index contributed by atoms with van der Waals surface area (Å²) in [6.45, 7) is 5.72. The van der Waals surface area contributed by atoms with Crippen molar-refractivity contribution in [1.29, 1.82) is 0 Å². The van der Waals surface area contributed by atoms with Gasteiger partial charge < -0.3 is 4.74 Å². The highest BCUT2D eigenvalue weighted by Gasteiger charge is 2.07. The largest absolute Gasteiger partial charge is 0.496 e. The van der Waals surface area contributed by atoms with Crippen LogP contribution in [0.25, 0.3) is 0 Å². The number of ketones is 1. The standard InChI is InChI=1S/C8H13ClO2/c1-8(2,3)11-5-4-7(10)6-9/h4-5H,6H2,1-3H3/b5-4+. The number of alkyl halides is 1. The predicted octanol–water partition coefficient (Wildman–Crippen LogP) is 2.12. The van der Waals surface area contributed by atoms with Crippen molar-refractivity contribution in [2.24, 2.45) is 0 Å². The summed E-state index contributed by atoms with van der Waals surface area (Å²) in [6, 6.07) is 0. The van der Waals surface area contributed by atoms with Crippen molar-refractivity contribution in [2.45, 2.75) is 26.4 Å². The van der Waals surface area contributed by atoms with E-state index in [1.807, 2.05) is 20.8 Å². The van der Waals surface area contributed by atoms with Crippen LogP contribution in [-0.2, 0) is 9.53 Å². The van der Waals surface area contributed by atoms with Crippen LogP contribution >= 0.6 is 11.6 Å². The zero-order valence-electron chi connectivity index (χ0n) is 7.06. The van der Waals surface area contributed by atoms with Crippen LogP contribution in [0.2, 0.25) is 0 Å². The summed E-state index contributed by atoms with van der Waals surface area (Å²) in [5, 5.41) is 0. The van der Waals surface area contributed by atoms with E-state index in [-0.39, 0.29) is 17.3 Å². The molecule has 0 atom stereocenters. The van der Waals surface area contributed by atoms with Crippen molar-refractivity contribution in [2.75, 3.05) is 5.88 Å². The normalized spacial score (nSPS) is 12.0. The summed E-state index contributed by atoms with van der Waals surface area (Å²) < 4.78 is 5.14. The average molecular weight is 177 g/mol. The highest BCUT2D eigenvalue weighted by atomic mass is 35.5. The lowest BCUT2D eigenvalue weighted by Gasteiger charge is -2.17. The molecule has 0 N–H and O–H groups in total. The molecule has 0 radical (unpaired) electrons. The Hall–Kier alpha value is -0.500. The fraction of sp³-hybridized carbons (Fsp3) is 0.625. The molecule has 0 aromatic heterocycles. The molecule has 0 aliphatic rings. The first-order valence-corrected chi connectivity index (χ1v) is 3.92. The Morgan fingerprint density at radius 3 is 2.45 bits per heavy atom. The molecule has 0 spiro atoms. The number of hydrogen-bond donors (Lipinski definition) is 0. The second-order valence-electron chi connectivity index (χ2n) is 3.13. The average Bonchev–Trinajstić information content (AvgIpc) is 1.85. The van der Waals surface area contributed by atoms with Gasteiger partial charge in [0.05, 0.1) is 17.7 Å². The molecule has 64 valence electrons. The molecule has 0 aromatic rings. The van der Waals surface area contributed by atoms with Crippen LogP contribution in [0, 0.1) is 0 Å². The molecule has 0 unspecified atom stereocenters. The number of ether oxygens (including phenoxy) is 1. The molecule has 0 bridgehead atoms. The van der Waals surface area contributed by atoms with E-state index in [2.05, 4.69) is 0 Å². The molecule has 0 aliphatic carbocycles. The minimum atomic E-state index is -0.247. The molecule has 0 aliphatic heterocycles. The van der Waals surface area contributed by atoms with Crippen molar-refractivity contribution in [1.82, 2.24) is 0 Å². The van der Waals surface area contributed by atoms with Gasteiger partial charge in [0.1, 0.15) is 0 Å². The van der Waals surface area contributed by atoms with Crippen molar-refractivity contribution in [3.05, 3.63) is 12.3 Å². The van der Waals surface area contributed by atoms with E-state index in [9.17, 15) is 4.79 Å². The van der Waals surface area contributed by atoms with E-state index in [1.54, 1.807) is 0 Å². The van der Waals surface area contributed by atoms with E-state index in [0.29, 0.717) is 0 Å². The molecule has 0 rings (SSSR count). The zero-order valence-corrected chi connectivity index (χ0v) is 7.81. The van der Waals surface area contributed by atoms with Gasteiger partial charge in [0.25, 0.3) is 0 Å². The Morgan fingerprint density at radius 2 is 2.09 bits per heavy atom. The van der Waals surface area contributed by atoms with Crippen molar-refractivity contribution in [3.8, 4) is 0 Å². The minimum absolute atomic E-state index is 0.00397. The SMILES string of the molecule is CC(C)(C)O/C=C/C(=O)CCl. The number of halogens is 1. The van der Waals surface area contributed by atoms with Gasteiger partial charge in [0.2, 0.25) is 0 Å². The summed E-state index contributed by atoms with van der Waals surface area (Å²) in [5.41, 5.74) is -0.247. The van der Waals surface area contributed by atoms with Gasteiger partial charge >= 0.3 is 0 Å². The van der Waals surface area contributed by atoms with Crippen LogP contribution in [0.4, 0.5) is 0 Å². The number of carbonyl (C=O) groups is 1. The highest BCUT2D eigenvalue weighted by molar-refractivity contribution is 6.29. The summed E-state index contributed by atoms with van der Waals surface area (Å²) in [7, 11) is 0. The van der Waals surface area contributed by atoms with Crippen LogP contribution in [0.5, 0.6) is 0 Å². The summed E-state index contributed by atoms with van der Waals surface area (Å²) in [6.07, 6.45) is 2.71. The maximum Gasteiger partial charge on any atom is 0.173 e. The molecule has 0 amide bonds. The van der Waals surface area contributed by atoms with Crippen LogP contribution < -0.4 is 0 Å². The third-order valence-electron chi connectivity index (χ3n) is 0.807. The highest BCUT2D eigenvalue weighted by Crippen LogP contribution is 2.06. The van der Waals surface area contributed by atoms with E-state index >= 15 is 0 Å². The van der Waals surface area contributed by atoms with E-state index in [4.69, 9.17) is 16.3 Å². The van der Waals surface area contributed by atoms with E-state index < -0.39 is 0 Å².